The molecule has 2 heteroatoms. The highest BCUT2D eigenvalue weighted by molar-refractivity contribution is 4.97. The summed E-state index contributed by atoms with van der Waals surface area (Å²) in [5.74, 6) is 0. The molecule has 2 nitrogen and oxygen atoms in total. The molecule has 2 radical (unpaired) electrons. The molecule has 1 saturated heterocycles. The molecule has 1 saturated carbocycles. The normalized spacial score (nSPS) is 40.9. The van der Waals surface area contributed by atoms with Crippen LogP contribution in [0.5, 0.6) is 0 Å². The van der Waals surface area contributed by atoms with Gasteiger partial charge in [0.2, 0.25) is 0 Å². The maximum Gasteiger partial charge on any atom is 0.146 e. The van der Waals surface area contributed by atoms with E-state index in [4.69, 9.17) is 0 Å². The van der Waals surface area contributed by atoms with Gasteiger partial charge in [0.15, 0.2) is 0 Å². The first-order valence-electron chi connectivity index (χ1n) is 4.51. The molecule has 0 bridgehead atoms. The summed E-state index contributed by atoms with van der Waals surface area (Å²) < 4.78 is 0. The van der Waals surface area contributed by atoms with Crippen LogP contribution < -0.4 is 0 Å². The van der Waals surface area contributed by atoms with Crippen LogP contribution in [0.25, 0.3) is 0 Å². The van der Waals surface area contributed by atoms with Crippen molar-refractivity contribution in [1.82, 2.24) is 9.80 Å². The van der Waals surface area contributed by atoms with Crippen LogP contribution in [0.1, 0.15) is 25.7 Å². The Bertz CT molecular complexity index is 130. The monoisotopic (exact) mass is 152 g/mol. The maximum atomic E-state index is 3.33. The first kappa shape index (κ1) is 7.56. The molecule has 2 rings (SSSR count). The van der Waals surface area contributed by atoms with Crippen LogP contribution in [0.4, 0.5) is 0 Å². The Morgan fingerprint density at radius 3 is 1.91 bits per heavy atom. The molecule has 0 unspecified atom stereocenters. The topological polar surface area (TPSA) is 6.48 Å². The Morgan fingerprint density at radius 2 is 1.45 bits per heavy atom. The lowest BCUT2D eigenvalue weighted by atomic mass is 9.91. The molecule has 2 fully saturated rings. The van der Waals surface area contributed by atoms with Gasteiger partial charge in [0.25, 0.3) is 0 Å². The quantitative estimate of drug-likeness (QED) is 0.514. The summed E-state index contributed by atoms with van der Waals surface area (Å²) in [5, 5.41) is 0. The number of likely N-dealkylation sites (N-methyl/N-ethyl adjacent to an activating group) is 2. The first-order valence-corrected chi connectivity index (χ1v) is 4.51. The van der Waals surface area contributed by atoms with E-state index < -0.39 is 0 Å². The third kappa shape index (κ3) is 1.18. The molecule has 1 heterocycles. The predicted octanol–water partition coefficient (Wildman–Crippen LogP) is 1.17. The van der Waals surface area contributed by atoms with Gasteiger partial charge in [0.1, 0.15) is 6.67 Å². The van der Waals surface area contributed by atoms with E-state index in [9.17, 15) is 0 Å². The van der Waals surface area contributed by atoms with Gasteiger partial charge in [-0.05, 0) is 26.9 Å². The van der Waals surface area contributed by atoms with Crippen molar-refractivity contribution in [2.45, 2.75) is 37.8 Å². The Hall–Kier alpha value is -0.0800. The van der Waals surface area contributed by atoms with Crippen molar-refractivity contribution in [2.75, 3.05) is 14.1 Å². The number of fused-ring (bicyclic) bond motifs is 1. The fraction of sp³-hybridized carbons (Fsp3) is 0.889. The van der Waals surface area contributed by atoms with Crippen molar-refractivity contribution in [3.63, 3.8) is 0 Å². The Kier molecular flexibility index (Phi) is 1.90. The third-order valence-electron chi connectivity index (χ3n) is 3.00. The lowest BCUT2D eigenvalue weighted by Crippen LogP contribution is -2.37. The zero-order valence-corrected chi connectivity index (χ0v) is 7.38. The van der Waals surface area contributed by atoms with E-state index in [1.54, 1.807) is 0 Å². The number of nitrogens with zero attached hydrogens (tertiary/aromatic N) is 2. The van der Waals surface area contributed by atoms with Crippen LogP contribution in [-0.4, -0.2) is 36.0 Å². The minimum atomic E-state index is 0.758. The standard InChI is InChI=1S/C9H16N2/c1-10-7-11(2)9-6-4-3-5-8(9)10/h8-9H,3-6H2,1-2H3/t8-,9+. The maximum absolute atomic E-state index is 3.33. The van der Waals surface area contributed by atoms with Crippen LogP contribution in [0.15, 0.2) is 0 Å². The summed E-state index contributed by atoms with van der Waals surface area (Å²) >= 11 is 0. The average molecular weight is 152 g/mol. The second kappa shape index (κ2) is 2.76. The molecule has 0 aromatic heterocycles. The average Bonchev–Trinajstić information content (AvgIpc) is 2.30. The van der Waals surface area contributed by atoms with E-state index in [0.29, 0.717) is 0 Å². The van der Waals surface area contributed by atoms with Crippen LogP contribution in [0.2, 0.25) is 0 Å². The Labute approximate surface area is 69.2 Å². The van der Waals surface area contributed by atoms with Crippen molar-refractivity contribution in [2.24, 2.45) is 0 Å². The van der Waals surface area contributed by atoms with Crippen LogP contribution in [-0.2, 0) is 0 Å². The smallest absolute Gasteiger partial charge is 0.146 e. The molecule has 1 aliphatic carbocycles. The largest absolute Gasteiger partial charge is 0.278 e. The number of rotatable bonds is 0. The fourth-order valence-corrected chi connectivity index (χ4v) is 2.39. The van der Waals surface area contributed by atoms with E-state index in [0.717, 1.165) is 12.1 Å². The minimum Gasteiger partial charge on any atom is -0.278 e. The van der Waals surface area contributed by atoms with Gasteiger partial charge in [0, 0.05) is 12.1 Å². The van der Waals surface area contributed by atoms with E-state index >= 15 is 0 Å². The fourth-order valence-electron chi connectivity index (χ4n) is 2.39. The molecular weight excluding hydrogens is 136 g/mol. The predicted molar refractivity (Wildman–Crippen MR) is 44.8 cm³/mol. The molecule has 2 atom stereocenters. The molecule has 0 amide bonds. The molecule has 2 aliphatic rings. The second-order valence-electron chi connectivity index (χ2n) is 3.74. The van der Waals surface area contributed by atoms with Gasteiger partial charge in [-0.25, -0.2) is 0 Å². The lowest BCUT2D eigenvalue weighted by Gasteiger charge is -2.29. The van der Waals surface area contributed by atoms with Crippen molar-refractivity contribution < 1.29 is 0 Å². The minimum absolute atomic E-state index is 0.758. The van der Waals surface area contributed by atoms with Gasteiger partial charge in [-0.3, -0.25) is 9.80 Å². The SMILES string of the molecule is CN1[C]N(C)[C@H]2CCCC[C@H]21. The van der Waals surface area contributed by atoms with Gasteiger partial charge in [-0.15, -0.1) is 0 Å². The summed E-state index contributed by atoms with van der Waals surface area (Å²) in [5.41, 5.74) is 0. The molecule has 0 aromatic rings. The molecule has 0 aromatic carbocycles. The first-order chi connectivity index (χ1) is 5.29. The zero-order valence-electron chi connectivity index (χ0n) is 7.38. The highest BCUT2D eigenvalue weighted by Crippen LogP contribution is 2.32. The molecule has 11 heavy (non-hydrogen) atoms. The molecular formula is C9H16N2. The highest BCUT2D eigenvalue weighted by atomic mass is 15.4. The summed E-state index contributed by atoms with van der Waals surface area (Å²) in [6, 6.07) is 1.52. The molecule has 1 aliphatic heterocycles. The number of hydrogen-bond donors (Lipinski definition) is 0. The van der Waals surface area contributed by atoms with Gasteiger partial charge in [-0.2, -0.15) is 0 Å². The van der Waals surface area contributed by atoms with Gasteiger partial charge < -0.3 is 0 Å². The highest BCUT2D eigenvalue weighted by Gasteiger charge is 2.37. The zero-order chi connectivity index (χ0) is 7.84. The van der Waals surface area contributed by atoms with Crippen molar-refractivity contribution in [3.05, 3.63) is 6.67 Å². The van der Waals surface area contributed by atoms with Crippen LogP contribution in [0.3, 0.4) is 0 Å². The summed E-state index contributed by atoms with van der Waals surface area (Å²) in [4.78, 5) is 4.51. The van der Waals surface area contributed by atoms with E-state index in [1.165, 1.54) is 25.7 Å². The Morgan fingerprint density at radius 1 is 1.00 bits per heavy atom. The second-order valence-corrected chi connectivity index (χ2v) is 3.74. The lowest BCUT2D eigenvalue weighted by molar-refractivity contribution is 0.233. The third-order valence-corrected chi connectivity index (χ3v) is 3.00. The van der Waals surface area contributed by atoms with Gasteiger partial charge in [0.05, 0.1) is 0 Å². The molecule has 0 spiro atoms. The molecule has 62 valence electrons. The molecule has 0 N–H and O–H groups in total. The number of hydrogen-bond acceptors (Lipinski definition) is 2. The van der Waals surface area contributed by atoms with Gasteiger partial charge >= 0.3 is 0 Å². The van der Waals surface area contributed by atoms with E-state index in [2.05, 4.69) is 30.6 Å². The van der Waals surface area contributed by atoms with Gasteiger partial charge in [-0.1, -0.05) is 12.8 Å². The summed E-state index contributed by atoms with van der Waals surface area (Å²) in [6.45, 7) is 3.33. The van der Waals surface area contributed by atoms with Crippen molar-refractivity contribution in [1.29, 1.82) is 0 Å². The summed E-state index contributed by atoms with van der Waals surface area (Å²) in [6.07, 6.45) is 5.53. The van der Waals surface area contributed by atoms with E-state index in [-0.39, 0.29) is 0 Å². The van der Waals surface area contributed by atoms with Crippen molar-refractivity contribution in [3.8, 4) is 0 Å². The van der Waals surface area contributed by atoms with Crippen LogP contribution >= 0.6 is 0 Å². The summed E-state index contributed by atoms with van der Waals surface area (Å²) in [7, 11) is 4.29. The van der Waals surface area contributed by atoms with E-state index in [1.807, 2.05) is 0 Å². The van der Waals surface area contributed by atoms with Crippen molar-refractivity contribution >= 4 is 0 Å². The van der Waals surface area contributed by atoms with Crippen LogP contribution in [0, 0.1) is 6.67 Å². The Balaban J connectivity index is 2.07.